The summed E-state index contributed by atoms with van der Waals surface area (Å²) in [5, 5.41) is 79.3. The Balaban J connectivity index is 1.48. The summed E-state index contributed by atoms with van der Waals surface area (Å²) in [5.74, 6) is -2.13. The van der Waals surface area contributed by atoms with Gasteiger partial charge in [-0.1, -0.05) is 12.1 Å². The second-order valence-corrected chi connectivity index (χ2v) is 10.3. The third-order valence-electron chi connectivity index (χ3n) is 7.18. The van der Waals surface area contributed by atoms with E-state index in [4.69, 9.17) is 23.7 Å². The van der Waals surface area contributed by atoms with Gasteiger partial charge in [-0.3, -0.25) is 0 Å². The highest BCUT2D eigenvalue weighted by Gasteiger charge is 2.48. The Bertz CT molecular complexity index is 1270. The molecular weight excluding hydrogens is 572 g/mol. The van der Waals surface area contributed by atoms with E-state index in [1.807, 2.05) is 0 Å². The van der Waals surface area contributed by atoms with E-state index >= 15 is 0 Å². The lowest BCUT2D eigenvalue weighted by atomic mass is 9.98. The van der Waals surface area contributed by atoms with Crippen molar-refractivity contribution in [2.24, 2.45) is 0 Å². The number of hydrogen-bond donors (Lipinski definition) is 8. The van der Waals surface area contributed by atoms with E-state index in [0.717, 1.165) is 6.08 Å². The van der Waals surface area contributed by atoms with Gasteiger partial charge in [-0.05, 0) is 54.8 Å². The van der Waals surface area contributed by atoms with Crippen LogP contribution in [-0.4, -0.2) is 115 Å². The Morgan fingerprint density at radius 3 is 2.30 bits per heavy atom. The zero-order valence-electron chi connectivity index (χ0n) is 23.2. The number of aromatic hydroxyl groups is 4. The van der Waals surface area contributed by atoms with Crippen LogP contribution < -0.4 is 0 Å². The zero-order chi connectivity index (χ0) is 31.3. The van der Waals surface area contributed by atoms with Crippen LogP contribution in [0, 0.1) is 0 Å². The monoisotopic (exact) mass is 608 g/mol. The lowest BCUT2D eigenvalue weighted by Gasteiger charge is -2.44. The first kappa shape index (κ1) is 32.4. The fraction of sp³-hybridized carbons (Fsp3) is 0.483. The van der Waals surface area contributed by atoms with E-state index in [-0.39, 0.29) is 36.0 Å². The van der Waals surface area contributed by atoms with Crippen molar-refractivity contribution in [3.05, 3.63) is 53.6 Å². The van der Waals surface area contributed by atoms with Crippen molar-refractivity contribution in [1.82, 2.24) is 0 Å². The van der Waals surface area contributed by atoms with Crippen molar-refractivity contribution in [2.45, 2.75) is 75.1 Å². The van der Waals surface area contributed by atoms with E-state index in [2.05, 4.69) is 0 Å². The van der Waals surface area contributed by atoms with Crippen LogP contribution in [0.25, 0.3) is 6.08 Å². The summed E-state index contributed by atoms with van der Waals surface area (Å²) >= 11 is 0. The molecule has 4 rings (SSSR count). The van der Waals surface area contributed by atoms with Crippen LogP contribution in [0.15, 0.2) is 42.5 Å². The molecule has 2 aliphatic rings. The van der Waals surface area contributed by atoms with Crippen LogP contribution in [0.4, 0.5) is 0 Å². The van der Waals surface area contributed by atoms with Crippen molar-refractivity contribution in [2.75, 3.05) is 13.2 Å². The molecule has 8 N–H and O–H groups in total. The zero-order valence-corrected chi connectivity index (χ0v) is 23.2. The van der Waals surface area contributed by atoms with Gasteiger partial charge in [0.2, 0.25) is 0 Å². The second-order valence-electron chi connectivity index (χ2n) is 10.3. The van der Waals surface area contributed by atoms with E-state index in [9.17, 15) is 45.6 Å². The van der Waals surface area contributed by atoms with Gasteiger partial charge in [0.05, 0.1) is 19.3 Å². The molecule has 43 heavy (non-hydrogen) atoms. The molecule has 0 aliphatic carbocycles. The highest BCUT2D eigenvalue weighted by molar-refractivity contribution is 5.87. The van der Waals surface area contributed by atoms with E-state index in [1.165, 1.54) is 43.3 Å². The summed E-state index contributed by atoms with van der Waals surface area (Å²) in [6, 6.07) is 8.26. The Morgan fingerprint density at radius 2 is 1.63 bits per heavy atom. The Morgan fingerprint density at radius 1 is 0.930 bits per heavy atom. The van der Waals surface area contributed by atoms with Gasteiger partial charge in [0.25, 0.3) is 0 Å². The summed E-state index contributed by atoms with van der Waals surface area (Å²) in [5.41, 5.74) is 1.05. The number of benzene rings is 2. The average Bonchev–Trinajstić information content (AvgIpc) is 2.98. The number of rotatable bonds is 10. The quantitative estimate of drug-likeness (QED) is 0.101. The fourth-order valence-corrected chi connectivity index (χ4v) is 4.74. The number of aliphatic hydroxyl groups is 4. The maximum absolute atomic E-state index is 12.8. The summed E-state index contributed by atoms with van der Waals surface area (Å²) in [6.45, 7) is 0.953. The topological polar surface area (TPSA) is 225 Å². The highest BCUT2D eigenvalue weighted by atomic mass is 16.7. The molecule has 2 saturated heterocycles. The van der Waals surface area contributed by atoms with Gasteiger partial charge in [-0.2, -0.15) is 0 Å². The number of phenolic OH excluding ortho intramolecular Hbond substituents is 4. The normalized spacial score (nSPS) is 31.2. The van der Waals surface area contributed by atoms with E-state index in [0.29, 0.717) is 17.5 Å². The minimum Gasteiger partial charge on any atom is -0.504 e. The standard InChI is InChI=1S/C29H36O14/c1-14-25(36)26(37)27(38)29(40-14)42-21-12-24(39-9-8-16-3-6-18(32)20(34)11-16)41-22(13-30)28(21)43-23(35)7-4-15-2-5-17(31)19(33)10-15/h2-7,10-11,14,21-22,24-34,36-38H,8-9,12-13H2,1H3/b7-4+/t14-,21+,22+,24+,25-,26+,27+,28-,29-/m0/s1. The third-order valence-corrected chi connectivity index (χ3v) is 7.18. The number of aliphatic hydroxyl groups excluding tert-OH is 4. The predicted molar refractivity (Wildman–Crippen MR) is 146 cm³/mol. The second kappa shape index (κ2) is 14.3. The van der Waals surface area contributed by atoms with Gasteiger partial charge in [-0.15, -0.1) is 0 Å². The van der Waals surface area contributed by atoms with Crippen LogP contribution in [0.5, 0.6) is 23.0 Å². The molecular formula is C29H36O14. The third kappa shape index (κ3) is 8.13. The van der Waals surface area contributed by atoms with Crippen molar-refractivity contribution in [1.29, 1.82) is 0 Å². The van der Waals surface area contributed by atoms with Crippen LogP contribution in [0.1, 0.15) is 24.5 Å². The summed E-state index contributed by atoms with van der Waals surface area (Å²) in [6.07, 6.45) is -8.75. The Kier molecular flexibility index (Phi) is 10.8. The molecule has 0 radical (unpaired) electrons. The van der Waals surface area contributed by atoms with Crippen molar-refractivity contribution in [3.63, 3.8) is 0 Å². The number of ether oxygens (including phenoxy) is 5. The van der Waals surface area contributed by atoms with Crippen molar-refractivity contribution in [3.8, 4) is 23.0 Å². The van der Waals surface area contributed by atoms with Gasteiger partial charge in [0, 0.05) is 12.5 Å². The molecule has 2 heterocycles. The van der Waals surface area contributed by atoms with Gasteiger partial charge in [0.1, 0.15) is 30.5 Å². The molecule has 0 bridgehead atoms. The van der Waals surface area contributed by atoms with Gasteiger partial charge in [-0.25, -0.2) is 4.79 Å². The molecule has 14 heteroatoms. The number of esters is 1. The van der Waals surface area contributed by atoms with Gasteiger partial charge < -0.3 is 64.5 Å². The first-order valence-electron chi connectivity index (χ1n) is 13.6. The molecule has 236 valence electrons. The molecule has 0 aromatic heterocycles. The maximum Gasteiger partial charge on any atom is 0.331 e. The fourth-order valence-electron chi connectivity index (χ4n) is 4.74. The molecule has 2 fully saturated rings. The van der Waals surface area contributed by atoms with Crippen molar-refractivity contribution < 1.29 is 69.3 Å². The minimum atomic E-state index is -1.65. The molecule has 2 aromatic carbocycles. The van der Waals surface area contributed by atoms with E-state index in [1.54, 1.807) is 6.07 Å². The van der Waals surface area contributed by atoms with Crippen LogP contribution >= 0.6 is 0 Å². The molecule has 2 aliphatic heterocycles. The molecule has 0 amide bonds. The highest BCUT2D eigenvalue weighted by Crippen LogP contribution is 2.32. The molecule has 0 spiro atoms. The minimum absolute atomic E-state index is 0.0650. The summed E-state index contributed by atoms with van der Waals surface area (Å²) in [4.78, 5) is 12.8. The first-order chi connectivity index (χ1) is 20.5. The Labute approximate surface area is 246 Å². The average molecular weight is 609 g/mol. The summed E-state index contributed by atoms with van der Waals surface area (Å²) < 4.78 is 28.7. The molecule has 0 saturated carbocycles. The van der Waals surface area contributed by atoms with Crippen molar-refractivity contribution >= 4 is 12.0 Å². The first-order valence-corrected chi connectivity index (χ1v) is 13.6. The predicted octanol–water partition coefficient (Wildman–Crippen LogP) is 0.0133. The molecule has 0 unspecified atom stereocenters. The Hall–Kier alpha value is -3.47. The smallest absolute Gasteiger partial charge is 0.331 e. The number of phenols is 4. The van der Waals surface area contributed by atoms with E-state index < -0.39 is 67.9 Å². The largest absolute Gasteiger partial charge is 0.504 e. The van der Waals surface area contributed by atoms with Crippen LogP contribution in [0.3, 0.4) is 0 Å². The molecule has 2 aromatic rings. The summed E-state index contributed by atoms with van der Waals surface area (Å²) in [7, 11) is 0. The van der Waals surface area contributed by atoms with Gasteiger partial charge >= 0.3 is 5.97 Å². The maximum atomic E-state index is 12.8. The number of carbonyl (C=O) groups is 1. The number of hydrogen-bond acceptors (Lipinski definition) is 14. The van der Waals surface area contributed by atoms with Gasteiger partial charge in [0.15, 0.2) is 41.7 Å². The molecule has 9 atom stereocenters. The SMILES string of the molecule is C[C@@H]1O[C@@H](O[C@@H]2C[C@H](OCCc3ccc(O)c(O)c3)O[C@H](CO)[C@H]2OC(=O)/C=C/c2ccc(O)c(O)c2)[C@H](O)[C@H](O)[C@H]1O. The molecule has 14 nitrogen and oxygen atoms in total. The van der Waals surface area contributed by atoms with Crippen LogP contribution in [0.2, 0.25) is 0 Å². The van der Waals surface area contributed by atoms with Crippen LogP contribution in [-0.2, 0) is 34.9 Å². The lowest BCUT2D eigenvalue weighted by molar-refractivity contribution is -0.335. The number of carbonyl (C=O) groups excluding carboxylic acids is 1. The lowest BCUT2D eigenvalue weighted by Crippen LogP contribution is -2.60.